The van der Waals surface area contributed by atoms with Crippen molar-refractivity contribution in [3.63, 3.8) is 0 Å². The second-order valence-electron chi connectivity index (χ2n) is 2.95. The first-order valence-electron chi connectivity index (χ1n) is 4.41. The summed E-state index contributed by atoms with van der Waals surface area (Å²) in [6.45, 7) is 2.02. The molecule has 0 bridgehead atoms. The molecule has 2 nitrogen and oxygen atoms in total. The van der Waals surface area contributed by atoms with Gasteiger partial charge in [-0.15, -0.1) is 0 Å². The van der Waals surface area contributed by atoms with Gasteiger partial charge in [0, 0.05) is 17.0 Å². The van der Waals surface area contributed by atoms with E-state index in [1.54, 1.807) is 6.07 Å². The molecule has 14 heavy (non-hydrogen) atoms. The van der Waals surface area contributed by atoms with Gasteiger partial charge in [-0.05, 0) is 34.5 Å². The van der Waals surface area contributed by atoms with E-state index in [0.717, 1.165) is 17.3 Å². The second-order valence-corrected chi connectivity index (χ2v) is 3.80. The lowest BCUT2D eigenvalue weighted by Gasteiger charge is -2.01. The number of halogens is 2. The third-order valence-corrected chi connectivity index (χ3v) is 2.35. The predicted molar refractivity (Wildman–Crippen MR) is 60.3 cm³/mol. The van der Waals surface area contributed by atoms with Gasteiger partial charge in [0.25, 0.3) is 0 Å². The Bertz CT molecular complexity index is 350. The summed E-state index contributed by atoms with van der Waals surface area (Å²) in [7, 11) is 0. The summed E-state index contributed by atoms with van der Waals surface area (Å²) < 4.78 is 13.6. The summed E-state index contributed by atoms with van der Waals surface area (Å²) in [6, 6.07) is 4.35. The third-order valence-electron chi connectivity index (χ3n) is 1.68. The van der Waals surface area contributed by atoms with Crippen LogP contribution >= 0.6 is 15.9 Å². The lowest BCUT2D eigenvalue weighted by atomic mass is 10.3. The minimum Gasteiger partial charge on any atom is -0.387 e. The van der Waals surface area contributed by atoms with E-state index in [1.165, 1.54) is 12.1 Å². The predicted octanol–water partition coefficient (Wildman–Crippen LogP) is 3.38. The molecule has 0 radical (unpaired) electrons. The maximum atomic E-state index is 12.9. The molecule has 0 aliphatic rings. The van der Waals surface area contributed by atoms with Crippen LogP contribution in [0, 0.1) is 5.82 Å². The Morgan fingerprint density at radius 1 is 1.57 bits per heavy atom. The normalized spacial score (nSPS) is 11.8. The van der Waals surface area contributed by atoms with Crippen molar-refractivity contribution in [3.8, 4) is 0 Å². The van der Waals surface area contributed by atoms with Gasteiger partial charge in [0.1, 0.15) is 5.82 Å². The number of hydrogen-bond donors (Lipinski definition) is 1. The van der Waals surface area contributed by atoms with Crippen molar-refractivity contribution in [1.82, 2.24) is 0 Å². The van der Waals surface area contributed by atoms with E-state index in [0.29, 0.717) is 11.5 Å². The molecule has 4 heteroatoms. The van der Waals surface area contributed by atoms with E-state index in [4.69, 9.17) is 5.73 Å². The lowest BCUT2D eigenvalue weighted by Crippen LogP contribution is -2.09. The van der Waals surface area contributed by atoms with E-state index in [1.807, 2.05) is 6.92 Å². The van der Waals surface area contributed by atoms with Crippen molar-refractivity contribution in [1.29, 1.82) is 0 Å². The number of rotatable bonds is 3. The highest BCUT2D eigenvalue weighted by Crippen LogP contribution is 2.25. The zero-order chi connectivity index (χ0) is 10.6. The molecular formula is C10H12BrFN2. The van der Waals surface area contributed by atoms with Crippen LogP contribution in [0.2, 0.25) is 0 Å². The summed E-state index contributed by atoms with van der Waals surface area (Å²) in [6.07, 6.45) is 1.66. The van der Waals surface area contributed by atoms with E-state index >= 15 is 0 Å². The lowest BCUT2D eigenvalue weighted by molar-refractivity contribution is 0.628. The van der Waals surface area contributed by atoms with Gasteiger partial charge in [0.15, 0.2) is 0 Å². The van der Waals surface area contributed by atoms with Gasteiger partial charge in [-0.3, -0.25) is 0 Å². The fourth-order valence-electron chi connectivity index (χ4n) is 1.04. The van der Waals surface area contributed by atoms with Gasteiger partial charge in [-0.2, -0.15) is 0 Å². The van der Waals surface area contributed by atoms with Gasteiger partial charge in [0.05, 0.1) is 11.5 Å². The summed E-state index contributed by atoms with van der Waals surface area (Å²) in [5, 5.41) is 0. The summed E-state index contributed by atoms with van der Waals surface area (Å²) >= 11 is 3.28. The Kier molecular flexibility index (Phi) is 4.07. The second kappa shape index (κ2) is 5.10. The molecule has 0 aromatic heterocycles. The van der Waals surface area contributed by atoms with Crippen LogP contribution in [0.25, 0.3) is 0 Å². The zero-order valence-electron chi connectivity index (χ0n) is 7.93. The van der Waals surface area contributed by atoms with Gasteiger partial charge in [0.2, 0.25) is 0 Å². The van der Waals surface area contributed by atoms with Crippen molar-refractivity contribution in [3.05, 3.63) is 28.5 Å². The maximum absolute atomic E-state index is 12.9. The van der Waals surface area contributed by atoms with Crippen LogP contribution < -0.4 is 5.73 Å². The molecular weight excluding hydrogens is 247 g/mol. The van der Waals surface area contributed by atoms with Crippen molar-refractivity contribution in [2.24, 2.45) is 10.7 Å². The highest BCUT2D eigenvalue weighted by atomic mass is 79.9. The molecule has 0 heterocycles. The monoisotopic (exact) mass is 258 g/mol. The maximum Gasteiger partial charge on any atom is 0.125 e. The van der Waals surface area contributed by atoms with Gasteiger partial charge in [-0.1, -0.05) is 6.92 Å². The molecule has 0 spiro atoms. The van der Waals surface area contributed by atoms with E-state index in [9.17, 15) is 4.39 Å². The van der Waals surface area contributed by atoms with Crippen LogP contribution in [0.4, 0.5) is 10.1 Å². The van der Waals surface area contributed by atoms with Crippen LogP contribution in [0.3, 0.4) is 0 Å². The number of nitrogens with zero attached hydrogens (tertiary/aromatic N) is 1. The average molecular weight is 259 g/mol. The van der Waals surface area contributed by atoms with Crippen LogP contribution in [0.15, 0.2) is 27.7 Å². The fourth-order valence-corrected chi connectivity index (χ4v) is 1.37. The minimum absolute atomic E-state index is 0.309. The molecule has 1 rings (SSSR count). The van der Waals surface area contributed by atoms with Crippen molar-refractivity contribution in [2.75, 3.05) is 0 Å². The molecule has 0 saturated heterocycles. The van der Waals surface area contributed by atoms with Crippen molar-refractivity contribution >= 4 is 27.5 Å². The van der Waals surface area contributed by atoms with Crippen molar-refractivity contribution < 1.29 is 4.39 Å². The number of amidine groups is 1. The van der Waals surface area contributed by atoms with Crippen LogP contribution in [0.5, 0.6) is 0 Å². The molecule has 1 aromatic carbocycles. The first-order valence-corrected chi connectivity index (χ1v) is 5.21. The Hall–Kier alpha value is -0.900. The van der Waals surface area contributed by atoms with Crippen LogP contribution in [-0.2, 0) is 0 Å². The minimum atomic E-state index is -0.309. The van der Waals surface area contributed by atoms with Crippen LogP contribution in [0.1, 0.15) is 19.8 Å². The largest absolute Gasteiger partial charge is 0.387 e. The molecule has 1 aromatic rings. The summed E-state index contributed by atoms with van der Waals surface area (Å²) in [4.78, 5) is 4.12. The highest BCUT2D eigenvalue weighted by molar-refractivity contribution is 9.10. The zero-order valence-corrected chi connectivity index (χ0v) is 9.51. The first kappa shape index (κ1) is 11.2. The van der Waals surface area contributed by atoms with E-state index in [-0.39, 0.29) is 5.82 Å². The van der Waals surface area contributed by atoms with Gasteiger partial charge in [-0.25, -0.2) is 9.38 Å². The third kappa shape index (κ3) is 3.10. The van der Waals surface area contributed by atoms with Crippen LogP contribution in [-0.4, -0.2) is 5.84 Å². The number of aliphatic imine (C=N–C) groups is 1. The van der Waals surface area contributed by atoms with Crippen molar-refractivity contribution in [2.45, 2.75) is 19.8 Å². The molecule has 2 N–H and O–H groups in total. The quantitative estimate of drug-likeness (QED) is 0.655. The Morgan fingerprint density at radius 2 is 2.29 bits per heavy atom. The fraction of sp³-hybridized carbons (Fsp3) is 0.300. The molecule has 0 aliphatic heterocycles. The Morgan fingerprint density at radius 3 is 2.93 bits per heavy atom. The number of benzene rings is 1. The van der Waals surface area contributed by atoms with Gasteiger partial charge < -0.3 is 5.73 Å². The van der Waals surface area contributed by atoms with E-state index < -0.39 is 0 Å². The Labute approximate surface area is 91.2 Å². The molecule has 0 atom stereocenters. The summed E-state index contributed by atoms with van der Waals surface area (Å²) in [5.41, 5.74) is 6.18. The molecule has 0 fully saturated rings. The smallest absolute Gasteiger partial charge is 0.125 e. The topological polar surface area (TPSA) is 38.4 Å². The number of hydrogen-bond acceptors (Lipinski definition) is 1. The highest BCUT2D eigenvalue weighted by Gasteiger charge is 2.00. The summed E-state index contributed by atoms with van der Waals surface area (Å²) in [5.74, 6) is 0.218. The number of nitrogens with two attached hydrogens (primary N) is 1. The van der Waals surface area contributed by atoms with E-state index in [2.05, 4.69) is 20.9 Å². The molecule has 0 saturated carbocycles. The molecule has 76 valence electrons. The molecule has 0 aliphatic carbocycles. The average Bonchev–Trinajstić information content (AvgIpc) is 2.12. The molecule has 0 unspecified atom stereocenters. The molecule has 0 amide bonds. The standard InChI is InChI=1S/C10H12BrFN2/c1-2-3-10(13)14-9-6-7(12)4-5-8(9)11/h4-6H,2-3H2,1H3,(H2,13,14). The SMILES string of the molecule is CCCC(N)=Nc1cc(F)ccc1Br. The van der Waals surface area contributed by atoms with Gasteiger partial charge >= 0.3 is 0 Å². The Balaban J connectivity index is 2.95. The first-order chi connectivity index (χ1) is 6.63.